The molecule has 3 saturated heterocycles. The van der Waals surface area contributed by atoms with Gasteiger partial charge in [-0.25, -0.2) is 4.79 Å². The number of nitrogens with zero attached hydrogens (tertiary/aromatic N) is 3. The highest BCUT2D eigenvalue weighted by Gasteiger charge is 2.43. The Morgan fingerprint density at radius 2 is 1.47 bits per heavy atom. The van der Waals surface area contributed by atoms with Crippen LogP contribution in [0.4, 0.5) is 0 Å². The molecule has 2 amide bonds. The second kappa shape index (κ2) is 22.8. The molecule has 0 radical (unpaired) electrons. The predicted molar refractivity (Wildman–Crippen MR) is 277 cm³/mol. The van der Waals surface area contributed by atoms with Crippen LogP contribution in [0.3, 0.4) is 0 Å². The topological polar surface area (TPSA) is 182 Å². The van der Waals surface area contributed by atoms with E-state index in [9.17, 15) is 34.5 Å². The number of carbonyl (C=O) groups excluding carboxylic acids is 3. The van der Waals surface area contributed by atoms with Crippen molar-refractivity contribution in [2.75, 3.05) is 59.6 Å². The van der Waals surface area contributed by atoms with E-state index in [-0.39, 0.29) is 47.7 Å². The number of ether oxygens (including phenoxy) is 3. The summed E-state index contributed by atoms with van der Waals surface area (Å²) in [5.74, 6) is 0.153. The van der Waals surface area contributed by atoms with Crippen LogP contribution < -0.4 is 15.0 Å². The molecule has 0 aliphatic carbocycles. The Morgan fingerprint density at radius 1 is 0.781 bits per heavy atom. The van der Waals surface area contributed by atoms with Crippen LogP contribution in [-0.4, -0.2) is 112 Å². The molecule has 3 fully saturated rings. The van der Waals surface area contributed by atoms with E-state index in [2.05, 4.69) is 34.1 Å². The molecule has 0 saturated carbocycles. The number of nitrogens with one attached hydrogen (secondary N) is 1. The lowest BCUT2D eigenvalue weighted by Crippen LogP contribution is -2.50. The first-order chi connectivity index (χ1) is 35.4. The van der Waals surface area contributed by atoms with Crippen LogP contribution in [-0.2, 0) is 32.9 Å². The molecule has 0 bridgehead atoms. The molecule has 14 nitrogen and oxygen atoms in total. The summed E-state index contributed by atoms with van der Waals surface area (Å²) in [5.41, 5.74) is 1.95. The number of hydrogen-bond acceptors (Lipinski definition) is 11. The number of aromatic amines is 1. The van der Waals surface area contributed by atoms with Crippen LogP contribution in [0.15, 0.2) is 132 Å². The number of hydrogen-bond donors (Lipinski definition) is 4. The average Bonchev–Trinajstić information content (AvgIpc) is 3.43. The quantitative estimate of drug-likeness (QED) is 0.0652. The summed E-state index contributed by atoms with van der Waals surface area (Å²) >= 11 is 0. The molecule has 73 heavy (non-hydrogen) atoms. The molecule has 4 heterocycles. The number of piperidine rings is 3. The third-order valence-corrected chi connectivity index (χ3v) is 15.5. The number of benzene rings is 5. The maximum Gasteiger partial charge on any atom is 0.347 e. The van der Waals surface area contributed by atoms with Crippen LogP contribution in [0.2, 0.25) is 0 Å². The molecule has 382 valence electrons. The number of carbonyl (C=O) groups is 3. The summed E-state index contributed by atoms with van der Waals surface area (Å²) in [7, 11) is 1.59. The van der Waals surface area contributed by atoms with Gasteiger partial charge in [-0.3, -0.25) is 19.3 Å². The normalized spacial score (nSPS) is 17.5. The molecule has 4 N–H and O–H groups in total. The fraction of sp³-hybridized carbons (Fsp3) is 0.390. The van der Waals surface area contributed by atoms with Crippen LogP contribution in [0.25, 0.3) is 10.9 Å². The van der Waals surface area contributed by atoms with E-state index < -0.39 is 17.7 Å². The number of fused-ring (bicyclic) bond motifs is 1. The second-order valence-electron chi connectivity index (χ2n) is 20.1. The first-order valence-electron chi connectivity index (χ1n) is 25.6. The van der Waals surface area contributed by atoms with Crippen molar-refractivity contribution in [3.8, 4) is 17.2 Å². The van der Waals surface area contributed by atoms with Crippen LogP contribution >= 0.6 is 0 Å². The van der Waals surface area contributed by atoms with E-state index in [1.807, 2.05) is 34.1 Å². The molecule has 3 aliphatic heterocycles. The summed E-state index contributed by atoms with van der Waals surface area (Å²) in [6, 6.07) is 37.5. The van der Waals surface area contributed by atoms with Gasteiger partial charge in [-0.15, -0.1) is 0 Å². The zero-order valence-electron chi connectivity index (χ0n) is 41.5. The van der Waals surface area contributed by atoms with Crippen molar-refractivity contribution in [3.05, 3.63) is 171 Å². The second-order valence-corrected chi connectivity index (χ2v) is 20.1. The molecule has 0 unspecified atom stereocenters. The van der Waals surface area contributed by atoms with Crippen LogP contribution in [0.1, 0.15) is 95.6 Å². The van der Waals surface area contributed by atoms with Gasteiger partial charge in [0.05, 0.1) is 25.3 Å². The Morgan fingerprint density at radius 3 is 2.18 bits per heavy atom. The fourth-order valence-electron chi connectivity index (χ4n) is 11.0. The molecular formula is C59H66N4O10. The maximum atomic E-state index is 14.0. The minimum absolute atomic E-state index is 0.0364. The average molecular weight is 991 g/mol. The van der Waals surface area contributed by atoms with Gasteiger partial charge in [0, 0.05) is 55.3 Å². The van der Waals surface area contributed by atoms with Gasteiger partial charge >= 0.3 is 5.97 Å². The lowest BCUT2D eigenvalue weighted by molar-refractivity contribution is -0.164. The van der Waals surface area contributed by atoms with Gasteiger partial charge in [0.1, 0.15) is 17.2 Å². The number of phenols is 1. The Hall–Kier alpha value is -7.00. The van der Waals surface area contributed by atoms with Gasteiger partial charge in [-0.2, -0.15) is 0 Å². The SMILES string of the molecule is COc1cc(C(=O)N2CCC3(CCN(C(=O)COc4cccc([C@](O)(C(=O)OCC5CCN(Cc6ccccc6)CC5)c5ccccc5)c4)CC3)CC2)ccc1CCC[C@H](O)c1ccc(O)c2[nH]c(=O)ccc12. The highest BCUT2D eigenvalue weighted by atomic mass is 16.6. The van der Waals surface area contributed by atoms with E-state index in [1.165, 1.54) is 17.7 Å². The molecule has 6 aromatic rings. The van der Waals surface area contributed by atoms with E-state index in [0.717, 1.165) is 63.7 Å². The minimum Gasteiger partial charge on any atom is -0.506 e. The van der Waals surface area contributed by atoms with Gasteiger partial charge in [-0.1, -0.05) is 84.9 Å². The number of pyridine rings is 1. The number of aromatic nitrogens is 1. The summed E-state index contributed by atoms with van der Waals surface area (Å²) in [6.45, 7) is 5.12. The Labute approximate surface area is 426 Å². The summed E-state index contributed by atoms with van der Waals surface area (Å²) in [5, 5.41) is 34.2. The Kier molecular flexibility index (Phi) is 15.9. The summed E-state index contributed by atoms with van der Waals surface area (Å²) in [6.07, 6.45) is 5.98. The third-order valence-electron chi connectivity index (χ3n) is 15.5. The van der Waals surface area contributed by atoms with Gasteiger partial charge in [0.15, 0.2) is 6.61 Å². The highest BCUT2D eigenvalue weighted by molar-refractivity contribution is 5.95. The monoisotopic (exact) mass is 990 g/mol. The zero-order chi connectivity index (χ0) is 51.0. The number of rotatable bonds is 17. The summed E-state index contributed by atoms with van der Waals surface area (Å²) in [4.78, 5) is 62.0. The van der Waals surface area contributed by atoms with Crippen molar-refractivity contribution in [2.24, 2.45) is 11.3 Å². The lowest BCUT2D eigenvalue weighted by Gasteiger charge is -2.46. The van der Waals surface area contributed by atoms with Crippen molar-refractivity contribution in [3.63, 3.8) is 0 Å². The smallest absolute Gasteiger partial charge is 0.347 e. The number of aliphatic hydroxyl groups is 2. The minimum atomic E-state index is -2.09. The Bertz CT molecular complexity index is 2920. The Balaban J connectivity index is 0.732. The first kappa shape index (κ1) is 50.9. The van der Waals surface area contributed by atoms with Crippen molar-refractivity contribution < 1.29 is 43.9 Å². The lowest BCUT2D eigenvalue weighted by atomic mass is 9.71. The predicted octanol–water partition coefficient (Wildman–Crippen LogP) is 7.91. The number of likely N-dealkylation sites (tertiary alicyclic amines) is 3. The molecule has 3 aliphatic rings. The molecule has 1 aromatic heterocycles. The number of aromatic hydroxyl groups is 1. The summed E-state index contributed by atoms with van der Waals surface area (Å²) < 4.78 is 17.7. The van der Waals surface area contributed by atoms with E-state index in [0.29, 0.717) is 90.1 Å². The van der Waals surface area contributed by atoms with Crippen LogP contribution in [0, 0.1) is 11.3 Å². The number of amides is 2. The highest BCUT2D eigenvalue weighted by Crippen LogP contribution is 2.42. The maximum absolute atomic E-state index is 14.0. The molecule has 9 rings (SSSR count). The number of esters is 1. The molecular weight excluding hydrogens is 925 g/mol. The third kappa shape index (κ3) is 11.8. The van der Waals surface area contributed by atoms with E-state index in [1.54, 1.807) is 73.8 Å². The van der Waals surface area contributed by atoms with Crippen molar-refractivity contribution in [2.45, 2.75) is 76.0 Å². The van der Waals surface area contributed by atoms with Gasteiger partial charge in [-0.05, 0) is 141 Å². The number of H-pyrrole nitrogens is 1. The van der Waals surface area contributed by atoms with Gasteiger partial charge in [0.2, 0.25) is 11.2 Å². The van der Waals surface area contributed by atoms with Crippen molar-refractivity contribution in [1.82, 2.24) is 19.7 Å². The number of methoxy groups -OCH3 is 1. The zero-order valence-corrected chi connectivity index (χ0v) is 41.5. The van der Waals surface area contributed by atoms with E-state index >= 15 is 0 Å². The van der Waals surface area contributed by atoms with Crippen LogP contribution in [0.5, 0.6) is 17.2 Å². The number of aliphatic hydroxyl groups excluding tert-OH is 1. The first-order valence-corrected chi connectivity index (χ1v) is 25.6. The number of phenolic OH excluding ortho intramolecular Hbond substituents is 1. The van der Waals surface area contributed by atoms with Gasteiger partial charge in [0.25, 0.3) is 11.8 Å². The molecule has 1 spiro atoms. The van der Waals surface area contributed by atoms with Crippen molar-refractivity contribution in [1.29, 1.82) is 0 Å². The standard InChI is InChI=1S/C59H66N4O10/c1-71-52-36-44(19-18-43(52)12-8-17-50(64)48-20-22-51(65)55-49(48)21-23-53(66)60-55)56(68)63-34-28-58(29-35-63)26-32-62(33-27-58)54(67)40-72-47-16-9-15-46(37-47)59(70,45-13-6-3-7-14-45)57(69)73-39-42-24-30-61(31-25-42)38-41-10-4-2-5-11-41/h2-7,9-11,13-16,18-23,36-37,42,50,64-65,70H,8,12,17,24-35,38-40H2,1H3,(H,60,66)/t50-,59-/m0/s1. The van der Waals surface area contributed by atoms with Crippen molar-refractivity contribution >= 4 is 28.7 Å². The van der Waals surface area contributed by atoms with Gasteiger partial charge < -0.3 is 44.3 Å². The molecule has 14 heteroatoms. The molecule has 5 aromatic carbocycles. The molecule has 2 atom stereocenters. The van der Waals surface area contributed by atoms with E-state index in [4.69, 9.17) is 14.2 Å². The fourth-order valence-corrected chi connectivity index (χ4v) is 11.0. The largest absolute Gasteiger partial charge is 0.506 e. The number of aryl methyl sites for hydroxylation is 1.